The van der Waals surface area contributed by atoms with Gasteiger partial charge in [0.2, 0.25) is 0 Å². The first-order valence-electron chi connectivity index (χ1n) is 11.7. The van der Waals surface area contributed by atoms with Crippen molar-refractivity contribution in [3.8, 4) is 6.07 Å². The van der Waals surface area contributed by atoms with Gasteiger partial charge in [-0.15, -0.1) is 0 Å². The van der Waals surface area contributed by atoms with Crippen molar-refractivity contribution in [1.29, 1.82) is 5.26 Å². The number of carbonyl (C=O) groups is 1. The zero-order valence-electron chi connectivity index (χ0n) is 19.7. The first-order chi connectivity index (χ1) is 17.9. The Morgan fingerprint density at radius 3 is 2.84 bits per heavy atom. The molecule has 1 aliphatic rings. The molecule has 3 heterocycles. The van der Waals surface area contributed by atoms with Crippen molar-refractivity contribution in [2.24, 2.45) is 0 Å². The van der Waals surface area contributed by atoms with Crippen LogP contribution in [0.4, 0.5) is 9.18 Å². The minimum absolute atomic E-state index is 0.0332. The average Bonchev–Trinajstić information content (AvgIpc) is 3.20. The van der Waals surface area contributed by atoms with Crippen molar-refractivity contribution >= 4 is 46.2 Å². The molecule has 0 radical (unpaired) electrons. The molecule has 5 rings (SSSR count). The van der Waals surface area contributed by atoms with Gasteiger partial charge >= 0.3 is 6.03 Å². The SMILES string of the molecule is N#Cc1ccc(/C=C/CN2CCc3c(c4ccc(Cl)cc4n3C(=O)NCc3ccnc(Cl)c3)C2)cc1F. The Hall–Kier alpha value is -3.70. The van der Waals surface area contributed by atoms with E-state index in [0.29, 0.717) is 41.8 Å². The van der Waals surface area contributed by atoms with Gasteiger partial charge in [0.25, 0.3) is 0 Å². The van der Waals surface area contributed by atoms with Crippen LogP contribution in [-0.2, 0) is 19.5 Å². The molecule has 0 saturated heterocycles. The highest BCUT2D eigenvalue weighted by atomic mass is 35.5. The third kappa shape index (κ3) is 5.37. The van der Waals surface area contributed by atoms with Gasteiger partial charge < -0.3 is 5.32 Å². The van der Waals surface area contributed by atoms with Gasteiger partial charge in [0.1, 0.15) is 17.0 Å². The number of nitrogens with zero attached hydrogens (tertiary/aromatic N) is 4. The Morgan fingerprint density at radius 2 is 2.05 bits per heavy atom. The molecule has 0 atom stereocenters. The van der Waals surface area contributed by atoms with Crippen molar-refractivity contribution < 1.29 is 9.18 Å². The van der Waals surface area contributed by atoms with Crippen LogP contribution < -0.4 is 5.32 Å². The summed E-state index contributed by atoms with van der Waals surface area (Å²) in [6.07, 6.45) is 6.13. The topological polar surface area (TPSA) is 74.0 Å². The fraction of sp³-hybridized carbons (Fsp3) is 0.179. The molecule has 37 heavy (non-hydrogen) atoms. The number of fused-ring (bicyclic) bond motifs is 3. The molecule has 0 bridgehead atoms. The normalized spacial score (nSPS) is 13.6. The molecule has 2 aromatic carbocycles. The summed E-state index contributed by atoms with van der Waals surface area (Å²) in [6.45, 7) is 2.41. The number of hydrogen-bond donors (Lipinski definition) is 1. The van der Waals surface area contributed by atoms with Gasteiger partial charge in [0, 0.05) is 54.9 Å². The third-order valence-electron chi connectivity index (χ3n) is 6.42. The molecule has 0 aliphatic carbocycles. The van der Waals surface area contributed by atoms with Gasteiger partial charge in [-0.3, -0.25) is 9.47 Å². The van der Waals surface area contributed by atoms with Gasteiger partial charge in [0.05, 0.1) is 11.1 Å². The van der Waals surface area contributed by atoms with Gasteiger partial charge in [0.15, 0.2) is 0 Å². The molecular weight excluding hydrogens is 512 g/mol. The number of aromatic nitrogens is 2. The number of nitrogens with one attached hydrogen (secondary N) is 1. The number of rotatable bonds is 5. The summed E-state index contributed by atoms with van der Waals surface area (Å²) in [6, 6.07) is 15.3. The fourth-order valence-electron chi connectivity index (χ4n) is 4.65. The van der Waals surface area contributed by atoms with E-state index in [-0.39, 0.29) is 11.6 Å². The summed E-state index contributed by atoms with van der Waals surface area (Å²) in [4.78, 5) is 19.6. The molecule has 0 unspecified atom stereocenters. The Balaban J connectivity index is 1.35. The Labute approximate surface area is 223 Å². The van der Waals surface area contributed by atoms with E-state index in [2.05, 4.69) is 15.2 Å². The third-order valence-corrected chi connectivity index (χ3v) is 6.86. The number of hydrogen-bond acceptors (Lipinski definition) is 4. The summed E-state index contributed by atoms with van der Waals surface area (Å²) in [5.74, 6) is -0.524. The summed E-state index contributed by atoms with van der Waals surface area (Å²) >= 11 is 12.3. The lowest BCUT2D eigenvalue weighted by atomic mass is 10.0. The van der Waals surface area contributed by atoms with Crippen molar-refractivity contribution in [3.63, 3.8) is 0 Å². The predicted octanol–water partition coefficient (Wildman–Crippen LogP) is 6.18. The van der Waals surface area contributed by atoms with Crippen LogP contribution in [0.3, 0.4) is 0 Å². The van der Waals surface area contributed by atoms with Crippen molar-refractivity contribution in [1.82, 2.24) is 19.8 Å². The number of halogens is 3. The van der Waals surface area contributed by atoms with E-state index in [1.54, 1.807) is 22.9 Å². The average molecular weight is 534 g/mol. The lowest BCUT2D eigenvalue weighted by molar-refractivity contribution is 0.240. The van der Waals surface area contributed by atoms with Crippen LogP contribution in [0.2, 0.25) is 10.2 Å². The Morgan fingerprint density at radius 1 is 1.19 bits per heavy atom. The minimum Gasteiger partial charge on any atom is -0.333 e. The molecule has 1 aliphatic heterocycles. The van der Waals surface area contributed by atoms with Gasteiger partial charge in [-0.1, -0.05) is 47.5 Å². The Bertz CT molecular complexity index is 1570. The highest BCUT2D eigenvalue weighted by Crippen LogP contribution is 2.32. The molecule has 0 saturated carbocycles. The molecule has 0 fully saturated rings. The summed E-state index contributed by atoms with van der Waals surface area (Å²) in [5, 5.41) is 13.8. The van der Waals surface area contributed by atoms with Crippen LogP contribution in [-0.4, -0.2) is 33.6 Å². The molecule has 0 spiro atoms. The van der Waals surface area contributed by atoms with Crippen LogP contribution in [0.15, 0.2) is 60.8 Å². The number of carbonyl (C=O) groups excluding carboxylic acids is 1. The maximum Gasteiger partial charge on any atom is 0.326 e. The van der Waals surface area contributed by atoms with Gasteiger partial charge in [-0.2, -0.15) is 5.26 Å². The van der Waals surface area contributed by atoms with Crippen LogP contribution in [0.25, 0.3) is 17.0 Å². The van der Waals surface area contributed by atoms with E-state index in [1.807, 2.05) is 42.5 Å². The van der Waals surface area contributed by atoms with Crippen LogP contribution in [0, 0.1) is 17.1 Å². The number of pyridine rings is 1. The van der Waals surface area contributed by atoms with E-state index in [1.165, 1.54) is 12.1 Å². The van der Waals surface area contributed by atoms with E-state index >= 15 is 0 Å². The second-order valence-electron chi connectivity index (χ2n) is 8.81. The molecule has 9 heteroatoms. The van der Waals surface area contributed by atoms with E-state index < -0.39 is 5.82 Å². The lowest BCUT2D eigenvalue weighted by Gasteiger charge is -2.27. The first-order valence-corrected chi connectivity index (χ1v) is 12.5. The maximum atomic E-state index is 13.9. The smallest absolute Gasteiger partial charge is 0.326 e. The molecule has 6 nitrogen and oxygen atoms in total. The molecule has 4 aromatic rings. The second-order valence-corrected chi connectivity index (χ2v) is 9.63. The molecule has 1 amide bonds. The first kappa shape index (κ1) is 25.0. The van der Waals surface area contributed by atoms with Crippen molar-refractivity contribution in [3.05, 3.63) is 105 Å². The number of benzene rings is 2. The minimum atomic E-state index is -0.524. The quantitative estimate of drug-likeness (QED) is 0.310. The monoisotopic (exact) mass is 533 g/mol. The summed E-state index contributed by atoms with van der Waals surface area (Å²) in [7, 11) is 0. The lowest BCUT2D eigenvalue weighted by Crippen LogP contribution is -2.34. The summed E-state index contributed by atoms with van der Waals surface area (Å²) in [5.41, 5.74) is 4.43. The van der Waals surface area contributed by atoms with Crippen molar-refractivity contribution in [2.45, 2.75) is 19.5 Å². The maximum absolute atomic E-state index is 13.9. The fourth-order valence-corrected chi connectivity index (χ4v) is 5.01. The molecule has 2 aromatic heterocycles. The standard InChI is InChI=1S/C28H22Cl2FN5O/c29-21-5-6-22-23-17-35(10-1-2-18-3-4-20(15-32)24(31)12-18)11-8-25(23)36(26(22)14-21)28(37)34-16-19-7-9-33-27(30)13-19/h1-7,9,12-14H,8,10-11,16-17H2,(H,34,37)/b2-1+. The molecule has 186 valence electrons. The van der Waals surface area contributed by atoms with Crippen LogP contribution in [0.1, 0.15) is 27.9 Å². The Kier molecular flexibility index (Phi) is 7.24. The molecule has 1 N–H and O–H groups in total. The van der Waals surface area contributed by atoms with Gasteiger partial charge in [-0.25, -0.2) is 14.2 Å². The van der Waals surface area contributed by atoms with E-state index in [0.717, 1.165) is 34.3 Å². The number of nitriles is 1. The highest BCUT2D eigenvalue weighted by molar-refractivity contribution is 6.31. The number of amides is 1. The zero-order chi connectivity index (χ0) is 25.9. The van der Waals surface area contributed by atoms with Gasteiger partial charge in [-0.05, 0) is 53.1 Å². The predicted molar refractivity (Wildman–Crippen MR) is 143 cm³/mol. The largest absolute Gasteiger partial charge is 0.333 e. The van der Waals surface area contributed by atoms with Crippen LogP contribution in [0.5, 0.6) is 0 Å². The summed E-state index contributed by atoms with van der Waals surface area (Å²) < 4.78 is 15.6. The zero-order valence-corrected chi connectivity index (χ0v) is 21.2. The molecular formula is C28H22Cl2FN5O. The second kappa shape index (κ2) is 10.7. The van der Waals surface area contributed by atoms with Crippen molar-refractivity contribution in [2.75, 3.05) is 13.1 Å². The van der Waals surface area contributed by atoms with E-state index in [9.17, 15) is 9.18 Å². The van der Waals surface area contributed by atoms with E-state index in [4.69, 9.17) is 28.5 Å². The highest BCUT2D eigenvalue weighted by Gasteiger charge is 2.26. The van der Waals surface area contributed by atoms with Crippen LogP contribution >= 0.6 is 23.2 Å².